The smallest absolute Gasteiger partial charge is 0.125 e. The van der Waals surface area contributed by atoms with Crippen molar-refractivity contribution in [2.75, 3.05) is 13.1 Å². The van der Waals surface area contributed by atoms with Gasteiger partial charge in [0.05, 0.1) is 11.8 Å². The van der Waals surface area contributed by atoms with E-state index in [2.05, 4.69) is 10.3 Å². The van der Waals surface area contributed by atoms with Crippen molar-refractivity contribution < 1.29 is 4.74 Å². The zero-order chi connectivity index (χ0) is 14.5. The van der Waals surface area contributed by atoms with E-state index in [1.54, 1.807) is 0 Å². The minimum atomic E-state index is -0.133. The van der Waals surface area contributed by atoms with Crippen LogP contribution in [-0.2, 0) is 4.74 Å². The Bertz CT molecular complexity index is 553. The highest BCUT2D eigenvalue weighted by atomic mass is 35.5. The second-order valence-corrected chi connectivity index (χ2v) is 5.71. The van der Waals surface area contributed by atoms with Gasteiger partial charge in [0.2, 0.25) is 0 Å². The summed E-state index contributed by atoms with van der Waals surface area (Å²) in [5, 5.41) is 4.10. The molecular formula is C17H19ClN2O. The molecule has 110 valence electrons. The molecule has 1 aromatic carbocycles. The molecule has 21 heavy (non-hydrogen) atoms. The molecule has 1 fully saturated rings. The van der Waals surface area contributed by atoms with Gasteiger partial charge < -0.3 is 10.1 Å². The first-order valence-corrected chi connectivity index (χ1v) is 7.73. The second-order valence-electron chi connectivity index (χ2n) is 5.27. The number of nitrogens with one attached hydrogen (secondary N) is 1. The molecule has 0 bridgehead atoms. The van der Waals surface area contributed by atoms with Crippen LogP contribution in [0.15, 0.2) is 48.7 Å². The number of nitrogens with zero attached hydrogens (tertiary/aromatic N) is 1. The Kier molecular flexibility index (Phi) is 4.86. The van der Waals surface area contributed by atoms with Crippen LogP contribution in [0.2, 0.25) is 5.02 Å². The highest BCUT2D eigenvalue weighted by molar-refractivity contribution is 6.30. The molecule has 1 aromatic heterocycles. The van der Waals surface area contributed by atoms with Crippen LogP contribution in [-0.4, -0.2) is 24.2 Å². The SMILES string of the molecule is Clc1ccc(C(OC2CCNCC2)c2ccccn2)cc1. The van der Waals surface area contributed by atoms with Gasteiger partial charge in [0.15, 0.2) is 0 Å². The molecule has 1 unspecified atom stereocenters. The van der Waals surface area contributed by atoms with E-state index in [0.29, 0.717) is 0 Å². The fraction of sp³-hybridized carbons (Fsp3) is 0.353. The van der Waals surface area contributed by atoms with E-state index in [1.165, 1.54) is 0 Å². The van der Waals surface area contributed by atoms with Gasteiger partial charge in [-0.3, -0.25) is 4.98 Å². The van der Waals surface area contributed by atoms with Crippen LogP contribution in [0, 0.1) is 0 Å². The number of hydrogen-bond acceptors (Lipinski definition) is 3. The van der Waals surface area contributed by atoms with Crippen molar-refractivity contribution in [1.29, 1.82) is 0 Å². The molecule has 4 heteroatoms. The predicted octanol–water partition coefficient (Wildman–Crippen LogP) is 3.59. The highest BCUT2D eigenvalue weighted by Gasteiger charge is 2.22. The van der Waals surface area contributed by atoms with E-state index in [-0.39, 0.29) is 12.2 Å². The van der Waals surface area contributed by atoms with Crippen molar-refractivity contribution in [1.82, 2.24) is 10.3 Å². The summed E-state index contributed by atoms with van der Waals surface area (Å²) in [5.41, 5.74) is 2.04. The molecule has 1 aliphatic rings. The molecule has 1 saturated heterocycles. The maximum absolute atomic E-state index is 6.36. The summed E-state index contributed by atoms with van der Waals surface area (Å²) in [5.74, 6) is 0. The van der Waals surface area contributed by atoms with Gasteiger partial charge in [-0.25, -0.2) is 0 Å². The van der Waals surface area contributed by atoms with Crippen molar-refractivity contribution in [3.05, 3.63) is 64.9 Å². The fourth-order valence-corrected chi connectivity index (χ4v) is 2.74. The van der Waals surface area contributed by atoms with Gasteiger partial charge in [0.25, 0.3) is 0 Å². The zero-order valence-corrected chi connectivity index (χ0v) is 12.6. The molecule has 3 rings (SSSR count). The number of halogens is 1. The molecule has 1 N–H and O–H groups in total. The van der Waals surface area contributed by atoms with Gasteiger partial charge in [-0.1, -0.05) is 29.8 Å². The van der Waals surface area contributed by atoms with Crippen LogP contribution in [0.3, 0.4) is 0 Å². The molecule has 0 aliphatic carbocycles. The van der Waals surface area contributed by atoms with Crippen molar-refractivity contribution in [3.63, 3.8) is 0 Å². The van der Waals surface area contributed by atoms with Crippen LogP contribution in [0.5, 0.6) is 0 Å². The predicted molar refractivity (Wildman–Crippen MR) is 84.5 cm³/mol. The fourth-order valence-electron chi connectivity index (χ4n) is 2.61. The average molecular weight is 303 g/mol. The lowest BCUT2D eigenvalue weighted by Crippen LogP contribution is -2.33. The van der Waals surface area contributed by atoms with Crippen molar-refractivity contribution in [3.8, 4) is 0 Å². The lowest BCUT2D eigenvalue weighted by molar-refractivity contribution is -0.00991. The molecule has 3 nitrogen and oxygen atoms in total. The zero-order valence-electron chi connectivity index (χ0n) is 11.8. The summed E-state index contributed by atoms with van der Waals surface area (Å²) in [6.07, 6.45) is 4.03. The summed E-state index contributed by atoms with van der Waals surface area (Å²) in [6.45, 7) is 2.03. The number of pyridine rings is 1. The number of piperidine rings is 1. The first-order chi connectivity index (χ1) is 10.3. The molecule has 0 amide bonds. The van der Waals surface area contributed by atoms with Gasteiger partial charge in [0, 0.05) is 11.2 Å². The van der Waals surface area contributed by atoms with Gasteiger partial charge in [-0.2, -0.15) is 0 Å². The van der Waals surface area contributed by atoms with E-state index < -0.39 is 0 Å². The Balaban J connectivity index is 1.85. The van der Waals surface area contributed by atoms with E-state index in [1.807, 2.05) is 48.7 Å². The van der Waals surface area contributed by atoms with Crippen molar-refractivity contribution in [2.45, 2.75) is 25.0 Å². The lowest BCUT2D eigenvalue weighted by atomic mass is 10.0. The largest absolute Gasteiger partial charge is 0.364 e. The first-order valence-electron chi connectivity index (χ1n) is 7.35. The van der Waals surface area contributed by atoms with Gasteiger partial charge in [-0.05, 0) is 55.8 Å². The third-order valence-corrected chi connectivity index (χ3v) is 4.00. The summed E-state index contributed by atoms with van der Waals surface area (Å²) >= 11 is 5.99. The van der Waals surface area contributed by atoms with Gasteiger partial charge in [-0.15, -0.1) is 0 Å². The van der Waals surface area contributed by atoms with E-state index in [9.17, 15) is 0 Å². The van der Waals surface area contributed by atoms with Crippen LogP contribution in [0.4, 0.5) is 0 Å². The van der Waals surface area contributed by atoms with Crippen molar-refractivity contribution >= 4 is 11.6 Å². The molecule has 1 aliphatic heterocycles. The second kappa shape index (κ2) is 7.03. The van der Waals surface area contributed by atoms with E-state index >= 15 is 0 Å². The third-order valence-electron chi connectivity index (χ3n) is 3.74. The Morgan fingerprint density at radius 1 is 1.10 bits per heavy atom. The summed E-state index contributed by atoms with van der Waals surface area (Å²) in [4.78, 5) is 4.47. The Morgan fingerprint density at radius 3 is 2.52 bits per heavy atom. The quantitative estimate of drug-likeness (QED) is 0.937. The lowest BCUT2D eigenvalue weighted by Gasteiger charge is -2.28. The normalized spacial score (nSPS) is 17.6. The Labute approximate surface area is 130 Å². The van der Waals surface area contributed by atoms with Crippen LogP contribution >= 0.6 is 11.6 Å². The third kappa shape index (κ3) is 3.82. The minimum absolute atomic E-state index is 0.133. The molecule has 0 saturated carbocycles. The summed E-state index contributed by atoms with van der Waals surface area (Å²) in [6, 6.07) is 13.8. The number of benzene rings is 1. The Morgan fingerprint density at radius 2 is 1.86 bits per heavy atom. The first kappa shape index (κ1) is 14.5. The average Bonchev–Trinajstić information content (AvgIpc) is 2.55. The highest BCUT2D eigenvalue weighted by Crippen LogP contribution is 2.28. The topological polar surface area (TPSA) is 34.1 Å². The van der Waals surface area contributed by atoms with Gasteiger partial charge >= 0.3 is 0 Å². The van der Waals surface area contributed by atoms with E-state index in [4.69, 9.17) is 16.3 Å². The number of aromatic nitrogens is 1. The number of ether oxygens (including phenoxy) is 1. The summed E-state index contributed by atoms with van der Waals surface area (Å²) in [7, 11) is 0. The molecule has 0 radical (unpaired) electrons. The standard InChI is InChI=1S/C17H19ClN2O/c18-14-6-4-13(5-7-14)17(16-3-1-2-10-20-16)21-15-8-11-19-12-9-15/h1-7,10,15,17,19H,8-9,11-12H2. The van der Waals surface area contributed by atoms with Crippen LogP contribution in [0.1, 0.15) is 30.2 Å². The Hall–Kier alpha value is -1.42. The van der Waals surface area contributed by atoms with Crippen molar-refractivity contribution in [2.24, 2.45) is 0 Å². The van der Waals surface area contributed by atoms with Crippen LogP contribution < -0.4 is 5.32 Å². The monoisotopic (exact) mass is 302 g/mol. The molecule has 2 aromatic rings. The maximum atomic E-state index is 6.36. The number of hydrogen-bond donors (Lipinski definition) is 1. The number of rotatable bonds is 4. The van der Waals surface area contributed by atoms with E-state index in [0.717, 1.165) is 42.2 Å². The maximum Gasteiger partial charge on any atom is 0.125 e. The van der Waals surface area contributed by atoms with Crippen LogP contribution in [0.25, 0.3) is 0 Å². The summed E-state index contributed by atoms with van der Waals surface area (Å²) < 4.78 is 6.36. The molecule has 2 heterocycles. The molecule has 1 atom stereocenters. The van der Waals surface area contributed by atoms with Gasteiger partial charge in [0.1, 0.15) is 6.10 Å². The minimum Gasteiger partial charge on any atom is -0.364 e. The molecule has 0 spiro atoms. The molecular weight excluding hydrogens is 284 g/mol.